The Morgan fingerprint density at radius 3 is 2.81 bits per heavy atom. The largest absolute Gasteiger partial charge is 0.383 e. The Morgan fingerprint density at radius 2 is 2.11 bits per heavy atom. The molecule has 27 heavy (non-hydrogen) atoms. The summed E-state index contributed by atoms with van der Waals surface area (Å²) in [5.41, 5.74) is 4.18. The highest BCUT2D eigenvalue weighted by Gasteiger charge is 2.27. The minimum absolute atomic E-state index is 0.292. The van der Waals surface area contributed by atoms with Crippen LogP contribution in [0.3, 0.4) is 0 Å². The number of hydrogen-bond acceptors (Lipinski definition) is 4. The number of halogens is 1. The number of carbonyl (C=O) groups excluding carboxylic acids is 1. The van der Waals surface area contributed by atoms with Crippen LogP contribution in [0.2, 0.25) is 0 Å². The number of rotatable bonds is 7. The zero-order chi connectivity index (χ0) is 19.4. The van der Waals surface area contributed by atoms with Crippen LogP contribution in [0.5, 0.6) is 0 Å². The predicted octanol–water partition coefficient (Wildman–Crippen LogP) is 4.01. The number of nitrogens with zero attached hydrogens (tertiary/aromatic N) is 1. The lowest BCUT2D eigenvalue weighted by Crippen LogP contribution is -2.27. The van der Waals surface area contributed by atoms with Crippen LogP contribution in [0, 0.1) is 12.7 Å². The summed E-state index contributed by atoms with van der Waals surface area (Å²) in [4.78, 5) is 14.4. The Labute approximate surface area is 158 Å². The maximum atomic E-state index is 14.1. The van der Waals surface area contributed by atoms with E-state index in [1.54, 1.807) is 25.4 Å². The Balaban J connectivity index is 1.81. The van der Waals surface area contributed by atoms with Gasteiger partial charge in [0.2, 0.25) is 0 Å². The molecule has 0 spiro atoms. The molecular weight excluding hydrogens is 345 g/mol. The van der Waals surface area contributed by atoms with Crippen LogP contribution in [0.25, 0.3) is 5.57 Å². The van der Waals surface area contributed by atoms with Gasteiger partial charge in [-0.2, -0.15) is 0 Å². The van der Waals surface area contributed by atoms with E-state index in [1.165, 1.54) is 6.07 Å². The lowest BCUT2D eigenvalue weighted by molar-refractivity contribution is -0.110. The molecule has 2 aromatic rings. The predicted molar refractivity (Wildman–Crippen MR) is 108 cm³/mol. The average molecular weight is 369 g/mol. The first kappa shape index (κ1) is 18.9. The monoisotopic (exact) mass is 369 g/mol. The van der Waals surface area contributed by atoms with E-state index in [1.807, 2.05) is 25.1 Å². The molecule has 6 heteroatoms. The van der Waals surface area contributed by atoms with Crippen molar-refractivity contribution in [3.63, 3.8) is 0 Å². The molecule has 2 N–H and O–H groups in total. The van der Waals surface area contributed by atoms with Gasteiger partial charge in [0, 0.05) is 43.3 Å². The number of benzene rings is 2. The highest BCUT2D eigenvalue weighted by atomic mass is 19.1. The zero-order valence-corrected chi connectivity index (χ0v) is 15.8. The highest BCUT2D eigenvalue weighted by Crippen LogP contribution is 2.33. The number of likely N-dealkylation sites (N-methyl/N-ethyl adjacent to an activating group) is 1. The van der Waals surface area contributed by atoms with E-state index in [0.717, 1.165) is 30.0 Å². The van der Waals surface area contributed by atoms with Gasteiger partial charge < -0.3 is 20.3 Å². The topological polar surface area (TPSA) is 53.6 Å². The molecule has 0 atom stereocenters. The van der Waals surface area contributed by atoms with Crippen LogP contribution < -0.4 is 15.5 Å². The Bertz CT molecular complexity index is 880. The molecule has 1 aliphatic rings. The second kappa shape index (κ2) is 8.22. The van der Waals surface area contributed by atoms with Gasteiger partial charge in [0.25, 0.3) is 5.91 Å². The number of methoxy groups -OCH3 is 1. The summed E-state index contributed by atoms with van der Waals surface area (Å²) < 4.78 is 19.3. The third-order valence-electron chi connectivity index (χ3n) is 4.64. The molecule has 2 aromatic carbocycles. The van der Waals surface area contributed by atoms with E-state index >= 15 is 0 Å². The van der Waals surface area contributed by atoms with Gasteiger partial charge in [-0.1, -0.05) is 6.07 Å². The number of fused-ring (bicyclic) bond motifs is 1. The Hall–Kier alpha value is -2.86. The lowest BCUT2D eigenvalue weighted by atomic mass is 10.1. The Morgan fingerprint density at radius 1 is 1.30 bits per heavy atom. The minimum atomic E-state index is -0.415. The summed E-state index contributed by atoms with van der Waals surface area (Å²) in [5, 5.41) is 5.80. The Kier molecular flexibility index (Phi) is 5.76. The standard InChI is InChI=1S/C21H24FN3O2/c1-4-25(10-11-27-3)19-9-8-15(12-14(19)2)23-13-16-20-17(22)6-5-7-18(20)24-21(16)26/h5-9,12-13,23H,4,10-11H2,1-3H3,(H,24,26). The van der Waals surface area contributed by atoms with Crippen molar-refractivity contribution >= 4 is 28.5 Å². The van der Waals surface area contributed by atoms with Gasteiger partial charge in [0.1, 0.15) is 5.82 Å². The first-order chi connectivity index (χ1) is 13.0. The van der Waals surface area contributed by atoms with Crippen LogP contribution in [-0.4, -0.2) is 32.7 Å². The summed E-state index contributed by atoms with van der Waals surface area (Å²) in [6, 6.07) is 10.6. The smallest absolute Gasteiger partial charge is 0.257 e. The van der Waals surface area contributed by atoms with Crippen LogP contribution in [0.15, 0.2) is 42.6 Å². The maximum absolute atomic E-state index is 14.1. The van der Waals surface area contributed by atoms with E-state index in [9.17, 15) is 9.18 Å². The number of nitrogens with one attached hydrogen (secondary N) is 2. The molecular formula is C21H24FN3O2. The molecule has 1 amide bonds. The number of amides is 1. The lowest BCUT2D eigenvalue weighted by Gasteiger charge is -2.25. The first-order valence-corrected chi connectivity index (χ1v) is 8.96. The molecule has 0 radical (unpaired) electrons. The highest BCUT2D eigenvalue weighted by molar-refractivity contribution is 6.31. The molecule has 1 heterocycles. The fourth-order valence-electron chi connectivity index (χ4n) is 3.25. The summed E-state index contributed by atoms with van der Waals surface area (Å²) >= 11 is 0. The fourth-order valence-corrected chi connectivity index (χ4v) is 3.25. The van der Waals surface area contributed by atoms with E-state index in [-0.39, 0.29) is 5.91 Å². The summed E-state index contributed by atoms with van der Waals surface area (Å²) in [6.07, 6.45) is 1.56. The number of hydrogen-bond donors (Lipinski definition) is 2. The summed E-state index contributed by atoms with van der Waals surface area (Å²) in [6.45, 7) is 6.52. The van der Waals surface area contributed by atoms with E-state index in [2.05, 4.69) is 22.5 Å². The molecule has 0 aromatic heterocycles. The van der Waals surface area contributed by atoms with Crippen molar-refractivity contribution in [1.29, 1.82) is 0 Å². The maximum Gasteiger partial charge on any atom is 0.257 e. The molecule has 0 bridgehead atoms. The molecule has 3 rings (SSSR count). The van der Waals surface area contributed by atoms with E-state index in [0.29, 0.717) is 23.4 Å². The van der Waals surface area contributed by atoms with Crippen molar-refractivity contribution in [2.24, 2.45) is 0 Å². The molecule has 0 saturated heterocycles. The molecule has 0 aliphatic carbocycles. The molecule has 5 nitrogen and oxygen atoms in total. The molecule has 0 fully saturated rings. The van der Waals surface area contributed by atoms with Crippen LogP contribution >= 0.6 is 0 Å². The van der Waals surface area contributed by atoms with Gasteiger partial charge in [0.05, 0.1) is 17.9 Å². The van der Waals surface area contributed by atoms with E-state index in [4.69, 9.17) is 4.74 Å². The first-order valence-electron chi connectivity index (χ1n) is 8.96. The van der Waals surface area contributed by atoms with Gasteiger partial charge in [-0.3, -0.25) is 4.79 Å². The number of carbonyl (C=O) groups is 1. The third-order valence-corrected chi connectivity index (χ3v) is 4.64. The average Bonchev–Trinajstić information content (AvgIpc) is 2.98. The molecule has 142 valence electrons. The third kappa shape index (κ3) is 3.95. The fraction of sp³-hybridized carbons (Fsp3) is 0.286. The molecule has 0 unspecified atom stereocenters. The van der Waals surface area contributed by atoms with Gasteiger partial charge in [-0.15, -0.1) is 0 Å². The second-order valence-electron chi connectivity index (χ2n) is 6.39. The quantitative estimate of drug-likeness (QED) is 0.724. The van der Waals surface area contributed by atoms with Crippen molar-refractivity contribution in [1.82, 2.24) is 0 Å². The number of anilines is 3. The van der Waals surface area contributed by atoms with E-state index < -0.39 is 5.82 Å². The SMILES string of the molecule is CCN(CCOC)c1ccc(NC=C2C(=O)Nc3cccc(F)c32)cc1C. The zero-order valence-electron chi connectivity index (χ0n) is 15.8. The van der Waals surface area contributed by atoms with Gasteiger partial charge in [-0.25, -0.2) is 4.39 Å². The summed E-state index contributed by atoms with van der Waals surface area (Å²) in [5.74, 6) is -0.727. The van der Waals surface area contributed by atoms with Gasteiger partial charge >= 0.3 is 0 Å². The minimum Gasteiger partial charge on any atom is -0.383 e. The van der Waals surface area contributed by atoms with Crippen molar-refractivity contribution < 1.29 is 13.9 Å². The van der Waals surface area contributed by atoms with Crippen molar-refractivity contribution in [3.8, 4) is 0 Å². The van der Waals surface area contributed by atoms with Crippen molar-refractivity contribution in [2.45, 2.75) is 13.8 Å². The van der Waals surface area contributed by atoms with Crippen LogP contribution in [-0.2, 0) is 9.53 Å². The second-order valence-corrected chi connectivity index (χ2v) is 6.39. The van der Waals surface area contributed by atoms with Crippen LogP contribution in [0.4, 0.5) is 21.5 Å². The van der Waals surface area contributed by atoms with Gasteiger partial charge in [-0.05, 0) is 49.7 Å². The number of ether oxygens (including phenoxy) is 1. The molecule has 1 aliphatic heterocycles. The normalized spacial score (nSPS) is 14.2. The van der Waals surface area contributed by atoms with Crippen molar-refractivity contribution in [2.75, 3.05) is 42.3 Å². The number of aryl methyl sites for hydroxylation is 1. The van der Waals surface area contributed by atoms with Crippen molar-refractivity contribution in [3.05, 3.63) is 59.5 Å². The van der Waals surface area contributed by atoms with Gasteiger partial charge in [0.15, 0.2) is 0 Å². The summed E-state index contributed by atoms with van der Waals surface area (Å²) in [7, 11) is 1.70. The van der Waals surface area contributed by atoms with Crippen LogP contribution in [0.1, 0.15) is 18.1 Å². The molecule has 0 saturated carbocycles.